The molecule has 0 spiro atoms. The van der Waals surface area contributed by atoms with Gasteiger partial charge < -0.3 is 0 Å². The van der Waals surface area contributed by atoms with E-state index < -0.39 is 0 Å². The number of hydrogen-bond acceptors (Lipinski definition) is 3. The van der Waals surface area contributed by atoms with E-state index in [1.807, 2.05) is 13.8 Å². The first-order valence-electron chi connectivity index (χ1n) is 4.37. The maximum atomic E-state index is 11.5. The second kappa shape index (κ2) is 5.98. The van der Waals surface area contributed by atoms with Crippen molar-refractivity contribution in [2.24, 2.45) is 5.92 Å². The van der Waals surface area contributed by atoms with Crippen LogP contribution in [0.3, 0.4) is 0 Å². The molecular weight excluding hydrogens is 346 g/mol. The first-order chi connectivity index (χ1) is 7.00. The smallest absolute Gasteiger partial charge is 0.273 e. The molecular formula is C9H11Br2NO2S. The van der Waals surface area contributed by atoms with Crippen LogP contribution in [0.5, 0.6) is 0 Å². The van der Waals surface area contributed by atoms with Gasteiger partial charge in [-0.05, 0) is 43.8 Å². The summed E-state index contributed by atoms with van der Waals surface area (Å²) < 4.78 is 1.78. The highest BCUT2D eigenvalue weighted by molar-refractivity contribution is 9.13. The molecule has 0 bridgehead atoms. The highest BCUT2D eigenvalue weighted by Crippen LogP contribution is 2.32. The minimum absolute atomic E-state index is 0.216. The Labute approximate surface area is 109 Å². The van der Waals surface area contributed by atoms with Crippen LogP contribution in [0.25, 0.3) is 0 Å². The number of halogens is 2. The van der Waals surface area contributed by atoms with Crippen LogP contribution < -0.4 is 5.48 Å². The first-order valence-corrected chi connectivity index (χ1v) is 6.78. The van der Waals surface area contributed by atoms with Gasteiger partial charge in [-0.3, -0.25) is 9.63 Å². The zero-order valence-electron chi connectivity index (χ0n) is 8.34. The molecule has 84 valence electrons. The molecule has 15 heavy (non-hydrogen) atoms. The lowest BCUT2D eigenvalue weighted by Gasteiger charge is -2.06. The summed E-state index contributed by atoms with van der Waals surface area (Å²) >= 11 is 8.00. The molecule has 1 rings (SSSR count). The lowest BCUT2D eigenvalue weighted by molar-refractivity contribution is 0.0212. The number of hydroxylamine groups is 1. The van der Waals surface area contributed by atoms with Crippen molar-refractivity contribution in [1.29, 1.82) is 0 Å². The lowest BCUT2D eigenvalue weighted by atomic mass is 10.2. The number of thiophene rings is 1. The maximum Gasteiger partial charge on any atom is 0.284 e. The Kier molecular flexibility index (Phi) is 5.25. The van der Waals surface area contributed by atoms with Crippen molar-refractivity contribution in [3.63, 3.8) is 0 Å². The summed E-state index contributed by atoms with van der Waals surface area (Å²) in [6.45, 7) is 4.55. The fourth-order valence-electron chi connectivity index (χ4n) is 0.783. The molecule has 1 aromatic heterocycles. The number of carbonyl (C=O) groups excluding carboxylic acids is 1. The third kappa shape index (κ3) is 4.22. The van der Waals surface area contributed by atoms with Gasteiger partial charge in [-0.25, -0.2) is 5.48 Å². The third-order valence-corrected chi connectivity index (χ3v) is 4.71. The molecule has 1 amide bonds. The standard InChI is InChI=1S/C9H11Br2NO2S/c1-5(2)4-14-12-9(13)7-3-6(10)8(11)15-7/h3,5H,4H2,1-2H3,(H,12,13). The molecule has 0 fully saturated rings. The van der Waals surface area contributed by atoms with Crippen LogP contribution in [0.15, 0.2) is 14.3 Å². The van der Waals surface area contributed by atoms with Crippen LogP contribution in [-0.2, 0) is 4.84 Å². The minimum atomic E-state index is -0.216. The maximum absolute atomic E-state index is 11.5. The van der Waals surface area contributed by atoms with Crippen LogP contribution in [0.2, 0.25) is 0 Å². The van der Waals surface area contributed by atoms with Gasteiger partial charge in [0, 0.05) is 4.47 Å². The van der Waals surface area contributed by atoms with E-state index in [0.29, 0.717) is 17.4 Å². The molecule has 0 aliphatic carbocycles. The number of carbonyl (C=O) groups is 1. The first kappa shape index (κ1) is 13.2. The lowest BCUT2D eigenvalue weighted by Crippen LogP contribution is -2.24. The Hall–Kier alpha value is 0.0900. The Morgan fingerprint density at radius 1 is 1.60 bits per heavy atom. The van der Waals surface area contributed by atoms with Gasteiger partial charge in [0.05, 0.1) is 15.3 Å². The van der Waals surface area contributed by atoms with E-state index in [-0.39, 0.29) is 5.91 Å². The van der Waals surface area contributed by atoms with E-state index in [1.54, 1.807) is 6.07 Å². The largest absolute Gasteiger partial charge is 0.284 e. The molecule has 1 aromatic rings. The highest BCUT2D eigenvalue weighted by Gasteiger charge is 2.11. The topological polar surface area (TPSA) is 38.3 Å². The van der Waals surface area contributed by atoms with Crippen LogP contribution in [0.1, 0.15) is 23.5 Å². The van der Waals surface area contributed by atoms with Crippen molar-refractivity contribution in [2.75, 3.05) is 6.61 Å². The number of amides is 1. The quantitative estimate of drug-likeness (QED) is 0.837. The molecule has 3 nitrogen and oxygen atoms in total. The summed E-state index contributed by atoms with van der Waals surface area (Å²) in [6.07, 6.45) is 0. The molecule has 0 radical (unpaired) electrons. The van der Waals surface area contributed by atoms with E-state index in [0.717, 1.165) is 8.26 Å². The van der Waals surface area contributed by atoms with Crippen LogP contribution in [0.4, 0.5) is 0 Å². The summed E-state index contributed by atoms with van der Waals surface area (Å²) in [7, 11) is 0. The van der Waals surface area contributed by atoms with E-state index in [4.69, 9.17) is 4.84 Å². The van der Waals surface area contributed by atoms with Crippen LogP contribution in [0, 0.1) is 5.92 Å². The molecule has 0 unspecified atom stereocenters. The normalized spacial score (nSPS) is 10.7. The molecule has 1 N–H and O–H groups in total. The average Bonchev–Trinajstić information content (AvgIpc) is 2.46. The highest BCUT2D eigenvalue weighted by atomic mass is 79.9. The van der Waals surface area contributed by atoms with Crippen molar-refractivity contribution >= 4 is 49.1 Å². The summed E-state index contributed by atoms with van der Waals surface area (Å²) in [4.78, 5) is 17.2. The van der Waals surface area contributed by atoms with Crippen molar-refractivity contribution in [2.45, 2.75) is 13.8 Å². The van der Waals surface area contributed by atoms with E-state index in [9.17, 15) is 4.79 Å². The average molecular weight is 357 g/mol. The van der Waals surface area contributed by atoms with Gasteiger partial charge in [0.25, 0.3) is 5.91 Å². The van der Waals surface area contributed by atoms with Crippen LogP contribution >= 0.6 is 43.2 Å². The van der Waals surface area contributed by atoms with E-state index >= 15 is 0 Å². The molecule has 0 aliphatic heterocycles. The van der Waals surface area contributed by atoms with Crippen molar-refractivity contribution in [3.8, 4) is 0 Å². The van der Waals surface area contributed by atoms with E-state index in [2.05, 4.69) is 37.3 Å². The monoisotopic (exact) mass is 355 g/mol. The molecule has 1 heterocycles. The van der Waals surface area contributed by atoms with Gasteiger partial charge in [-0.1, -0.05) is 13.8 Å². The van der Waals surface area contributed by atoms with Crippen molar-refractivity contribution in [3.05, 3.63) is 19.2 Å². The molecule has 0 aliphatic rings. The fourth-order valence-corrected chi connectivity index (χ4v) is 2.70. The minimum Gasteiger partial charge on any atom is -0.273 e. The second-order valence-electron chi connectivity index (χ2n) is 3.37. The molecule has 0 saturated heterocycles. The Bertz CT molecular complexity index is 332. The van der Waals surface area contributed by atoms with Gasteiger partial charge in [0.1, 0.15) is 0 Å². The number of hydrogen-bond donors (Lipinski definition) is 1. The number of nitrogens with one attached hydrogen (secondary N) is 1. The summed E-state index contributed by atoms with van der Waals surface area (Å²) in [6, 6.07) is 1.75. The van der Waals surface area contributed by atoms with Gasteiger partial charge in [-0.2, -0.15) is 0 Å². The zero-order chi connectivity index (χ0) is 11.4. The summed E-state index contributed by atoms with van der Waals surface area (Å²) in [5.41, 5.74) is 2.40. The van der Waals surface area contributed by atoms with Gasteiger partial charge in [0.15, 0.2) is 0 Å². The van der Waals surface area contributed by atoms with E-state index in [1.165, 1.54) is 11.3 Å². The SMILES string of the molecule is CC(C)CONC(=O)c1cc(Br)c(Br)s1. The molecule has 0 atom stereocenters. The predicted molar refractivity (Wildman–Crippen MR) is 68.0 cm³/mol. The number of rotatable bonds is 4. The molecule has 0 aromatic carbocycles. The van der Waals surface area contributed by atoms with Crippen molar-refractivity contribution in [1.82, 2.24) is 5.48 Å². The van der Waals surface area contributed by atoms with Crippen LogP contribution in [-0.4, -0.2) is 12.5 Å². The predicted octanol–water partition coefficient (Wildman–Crippen LogP) is 3.59. The Balaban J connectivity index is 2.47. The second-order valence-corrected chi connectivity index (χ2v) is 6.59. The molecule has 0 saturated carbocycles. The Morgan fingerprint density at radius 2 is 2.27 bits per heavy atom. The molecule has 6 heteroatoms. The summed E-state index contributed by atoms with van der Waals surface area (Å²) in [5.74, 6) is 0.180. The zero-order valence-corrected chi connectivity index (χ0v) is 12.3. The van der Waals surface area contributed by atoms with Gasteiger partial charge >= 0.3 is 0 Å². The summed E-state index contributed by atoms with van der Waals surface area (Å²) in [5, 5.41) is 0. The van der Waals surface area contributed by atoms with Crippen molar-refractivity contribution < 1.29 is 9.63 Å². The fraction of sp³-hybridized carbons (Fsp3) is 0.444. The third-order valence-electron chi connectivity index (χ3n) is 1.45. The van der Waals surface area contributed by atoms with Gasteiger partial charge in [0.2, 0.25) is 0 Å². The van der Waals surface area contributed by atoms with Gasteiger partial charge in [-0.15, -0.1) is 11.3 Å². The Morgan fingerprint density at radius 3 is 2.73 bits per heavy atom.